The fraction of sp³-hybridized carbons (Fsp3) is 0.889. The maximum Gasteiger partial charge on any atom is 0.146 e. The van der Waals surface area contributed by atoms with Crippen LogP contribution in [-0.2, 0) is 4.79 Å². The maximum atomic E-state index is 11.0. The van der Waals surface area contributed by atoms with E-state index in [1.807, 2.05) is 7.05 Å². The standard InChI is InChI=1S/C9H19NO/c1-5-6-7(2)9(10-4)8(3)11/h7,9-10H,5-6H2,1-4H3. The number of hydrogen-bond acceptors (Lipinski definition) is 2. The van der Waals surface area contributed by atoms with Crippen LogP contribution < -0.4 is 5.32 Å². The number of nitrogens with one attached hydrogen (secondary N) is 1. The van der Waals surface area contributed by atoms with Gasteiger partial charge in [-0.05, 0) is 26.3 Å². The van der Waals surface area contributed by atoms with Gasteiger partial charge in [0.1, 0.15) is 5.78 Å². The molecule has 0 saturated carbocycles. The molecular formula is C9H19NO. The summed E-state index contributed by atoms with van der Waals surface area (Å²) >= 11 is 0. The molecule has 0 saturated heterocycles. The number of ketones is 1. The Labute approximate surface area is 69.4 Å². The number of likely N-dealkylation sites (N-methyl/N-ethyl adjacent to an activating group) is 1. The molecule has 2 atom stereocenters. The minimum absolute atomic E-state index is 0.0509. The van der Waals surface area contributed by atoms with Gasteiger partial charge in [0, 0.05) is 0 Å². The minimum atomic E-state index is 0.0509. The van der Waals surface area contributed by atoms with Crippen LogP contribution in [0.3, 0.4) is 0 Å². The first-order valence-electron chi connectivity index (χ1n) is 4.31. The zero-order valence-corrected chi connectivity index (χ0v) is 7.98. The largest absolute Gasteiger partial charge is 0.310 e. The van der Waals surface area contributed by atoms with Gasteiger partial charge in [-0.2, -0.15) is 0 Å². The second kappa shape index (κ2) is 5.30. The van der Waals surface area contributed by atoms with Gasteiger partial charge in [0.25, 0.3) is 0 Å². The zero-order valence-electron chi connectivity index (χ0n) is 7.98. The molecule has 0 aliphatic carbocycles. The quantitative estimate of drug-likeness (QED) is 0.656. The van der Waals surface area contributed by atoms with Crippen LogP contribution in [0.2, 0.25) is 0 Å². The predicted molar refractivity (Wildman–Crippen MR) is 47.6 cm³/mol. The molecule has 0 aliphatic heterocycles. The Morgan fingerprint density at radius 2 is 2.09 bits per heavy atom. The third-order valence-electron chi connectivity index (χ3n) is 2.06. The first kappa shape index (κ1) is 10.6. The fourth-order valence-corrected chi connectivity index (χ4v) is 1.51. The second-order valence-corrected chi connectivity index (χ2v) is 3.14. The molecule has 0 aromatic heterocycles. The van der Waals surface area contributed by atoms with Gasteiger partial charge in [-0.15, -0.1) is 0 Å². The molecule has 66 valence electrons. The number of carbonyl (C=O) groups excluding carboxylic acids is 1. The molecule has 2 nitrogen and oxygen atoms in total. The molecule has 11 heavy (non-hydrogen) atoms. The van der Waals surface area contributed by atoms with Crippen molar-refractivity contribution in [3.63, 3.8) is 0 Å². The van der Waals surface area contributed by atoms with Crippen LogP contribution in [0, 0.1) is 5.92 Å². The van der Waals surface area contributed by atoms with E-state index in [-0.39, 0.29) is 11.8 Å². The van der Waals surface area contributed by atoms with Crippen molar-refractivity contribution in [2.24, 2.45) is 5.92 Å². The lowest BCUT2D eigenvalue weighted by atomic mass is 9.94. The Bertz CT molecular complexity index is 123. The van der Waals surface area contributed by atoms with E-state index in [0.717, 1.165) is 12.8 Å². The fourth-order valence-electron chi connectivity index (χ4n) is 1.51. The third kappa shape index (κ3) is 3.51. The van der Waals surface area contributed by atoms with E-state index in [1.54, 1.807) is 6.92 Å². The normalized spacial score (nSPS) is 16.0. The summed E-state index contributed by atoms with van der Waals surface area (Å²) in [4.78, 5) is 11.0. The van der Waals surface area contributed by atoms with Gasteiger partial charge in [0.2, 0.25) is 0 Å². The lowest BCUT2D eigenvalue weighted by molar-refractivity contribution is -0.120. The zero-order chi connectivity index (χ0) is 8.85. The van der Waals surface area contributed by atoms with Crippen LogP contribution in [0.4, 0.5) is 0 Å². The van der Waals surface area contributed by atoms with Crippen LogP contribution in [-0.4, -0.2) is 18.9 Å². The van der Waals surface area contributed by atoms with Crippen LogP contribution >= 0.6 is 0 Å². The van der Waals surface area contributed by atoms with Crippen LogP contribution in [0.15, 0.2) is 0 Å². The van der Waals surface area contributed by atoms with E-state index >= 15 is 0 Å². The molecule has 0 rings (SSSR count). The third-order valence-corrected chi connectivity index (χ3v) is 2.06. The molecule has 0 aromatic rings. The Kier molecular flexibility index (Phi) is 5.12. The topological polar surface area (TPSA) is 29.1 Å². The molecule has 1 N–H and O–H groups in total. The van der Waals surface area contributed by atoms with Gasteiger partial charge >= 0.3 is 0 Å². The molecular weight excluding hydrogens is 138 g/mol. The van der Waals surface area contributed by atoms with Crippen molar-refractivity contribution in [3.8, 4) is 0 Å². The number of hydrogen-bond donors (Lipinski definition) is 1. The summed E-state index contributed by atoms with van der Waals surface area (Å²) in [6, 6.07) is 0.0509. The Morgan fingerprint density at radius 1 is 1.55 bits per heavy atom. The smallest absolute Gasteiger partial charge is 0.146 e. The van der Waals surface area contributed by atoms with E-state index in [9.17, 15) is 4.79 Å². The molecule has 0 fully saturated rings. The Hall–Kier alpha value is -0.370. The molecule has 0 radical (unpaired) electrons. The number of rotatable bonds is 5. The van der Waals surface area contributed by atoms with Gasteiger partial charge in [0.05, 0.1) is 6.04 Å². The Morgan fingerprint density at radius 3 is 2.36 bits per heavy atom. The highest BCUT2D eigenvalue weighted by Crippen LogP contribution is 2.10. The van der Waals surface area contributed by atoms with Crippen molar-refractivity contribution in [2.45, 2.75) is 39.7 Å². The SMILES string of the molecule is CCCC(C)C(NC)C(C)=O. The maximum absolute atomic E-state index is 11.0. The summed E-state index contributed by atoms with van der Waals surface area (Å²) in [6.45, 7) is 5.91. The van der Waals surface area contributed by atoms with Crippen LogP contribution in [0.5, 0.6) is 0 Å². The summed E-state index contributed by atoms with van der Waals surface area (Å²) in [7, 11) is 1.85. The minimum Gasteiger partial charge on any atom is -0.310 e. The van der Waals surface area contributed by atoms with Gasteiger partial charge in [-0.1, -0.05) is 20.3 Å². The van der Waals surface area contributed by atoms with Crippen LogP contribution in [0.1, 0.15) is 33.6 Å². The molecule has 0 bridgehead atoms. The summed E-state index contributed by atoms with van der Waals surface area (Å²) < 4.78 is 0. The summed E-state index contributed by atoms with van der Waals surface area (Å²) in [5, 5.41) is 3.04. The molecule has 0 aliphatic rings. The van der Waals surface area contributed by atoms with E-state index < -0.39 is 0 Å². The molecule has 2 heteroatoms. The highest BCUT2D eigenvalue weighted by atomic mass is 16.1. The lowest BCUT2D eigenvalue weighted by Gasteiger charge is -2.19. The van der Waals surface area contributed by atoms with Gasteiger partial charge in [0.15, 0.2) is 0 Å². The van der Waals surface area contributed by atoms with Gasteiger partial charge in [-0.3, -0.25) is 4.79 Å². The molecule has 2 unspecified atom stereocenters. The molecule has 0 amide bonds. The monoisotopic (exact) mass is 157 g/mol. The van der Waals surface area contributed by atoms with Gasteiger partial charge < -0.3 is 5.32 Å². The highest BCUT2D eigenvalue weighted by molar-refractivity contribution is 5.81. The van der Waals surface area contributed by atoms with E-state index in [0.29, 0.717) is 5.92 Å². The van der Waals surface area contributed by atoms with Crippen molar-refractivity contribution in [3.05, 3.63) is 0 Å². The van der Waals surface area contributed by atoms with Crippen molar-refractivity contribution in [1.29, 1.82) is 0 Å². The molecule has 0 spiro atoms. The van der Waals surface area contributed by atoms with Crippen molar-refractivity contribution in [1.82, 2.24) is 5.32 Å². The second-order valence-electron chi connectivity index (χ2n) is 3.14. The average molecular weight is 157 g/mol. The van der Waals surface area contributed by atoms with Crippen LogP contribution in [0.25, 0.3) is 0 Å². The Balaban J connectivity index is 3.91. The summed E-state index contributed by atoms with van der Waals surface area (Å²) in [5.41, 5.74) is 0. The first-order valence-corrected chi connectivity index (χ1v) is 4.31. The number of Topliss-reactive ketones (excluding diaryl/α,β-unsaturated/α-hetero) is 1. The van der Waals surface area contributed by atoms with E-state index in [2.05, 4.69) is 19.2 Å². The van der Waals surface area contributed by atoms with Gasteiger partial charge in [-0.25, -0.2) is 0 Å². The highest BCUT2D eigenvalue weighted by Gasteiger charge is 2.18. The molecule has 0 heterocycles. The predicted octanol–water partition coefficient (Wildman–Crippen LogP) is 1.60. The first-order chi connectivity index (χ1) is 5.13. The summed E-state index contributed by atoms with van der Waals surface area (Å²) in [6.07, 6.45) is 2.26. The molecule has 0 aromatic carbocycles. The van der Waals surface area contributed by atoms with Crippen molar-refractivity contribution < 1.29 is 4.79 Å². The average Bonchev–Trinajstić information content (AvgIpc) is 1.88. The number of carbonyl (C=O) groups is 1. The van der Waals surface area contributed by atoms with E-state index in [4.69, 9.17) is 0 Å². The lowest BCUT2D eigenvalue weighted by Crippen LogP contribution is -2.38. The van der Waals surface area contributed by atoms with E-state index in [1.165, 1.54) is 0 Å². The van der Waals surface area contributed by atoms with Crippen molar-refractivity contribution >= 4 is 5.78 Å². The van der Waals surface area contributed by atoms with Crippen molar-refractivity contribution in [2.75, 3.05) is 7.05 Å². The summed E-state index contributed by atoms with van der Waals surface area (Å²) in [5.74, 6) is 0.705.